The Bertz CT molecular complexity index is 726. The van der Waals surface area contributed by atoms with Crippen molar-refractivity contribution in [1.82, 2.24) is 10.9 Å². The lowest BCUT2D eigenvalue weighted by Gasteiger charge is -2.10. The van der Waals surface area contributed by atoms with Crippen molar-refractivity contribution in [2.75, 3.05) is 5.32 Å². The van der Waals surface area contributed by atoms with Crippen LogP contribution in [0.3, 0.4) is 0 Å². The topological polar surface area (TPSA) is 53.2 Å². The first-order valence-corrected chi connectivity index (χ1v) is 7.63. The summed E-state index contributed by atoms with van der Waals surface area (Å²) >= 11 is 5.11. The molecule has 0 saturated carbocycles. The lowest BCUT2D eigenvalue weighted by Crippen LogP contribution is -2.43. The monoisotopic (exact) mass is 325 g/mol. The van der Waals surface area contributed by atoms with Crippen LogP contribution >= 0.6 is 12.2 Å². The molecule has 118 valence electrons. The SMILES string of the molecule is Cc1ccc(/C=C/C(=O)NNC(=S)Nc2ccccc2)c(C)c1. The molecular formula is C18H19N3OS. The van der Waals surface area contributed by atoms with Crippen molar-refractivity contribution in [2.45, 2.75) is 13.8 Å². The van der Waals surface area contributed by atoms with Crippen molar-refractivity contribution in [3.8, 4) is 0 Å². The minimum Gasteiger partial charge on any atom is -0.331 e. The van der Waals surface area contributed by atoms with Gasteiger partial charge in [0.1, 0.15) is 0 Å². The van der Waals surface area contributed by atoms with Crippen LogP contribution in [0.1, 0.15) is 16.7 Å². The lowest BCUT2D eigenvalue weighted by molar-refractivity contribution is -0.116. The number of anilines is 1. The first kappa shape index (κ1) is 16.7. The molecule has 0 heterocycles. The van der Waals surface area contributed by atoms with E-state index >= 15 is 0 Å². The Labute approximate surface area is 141 Å². The summed E-state index contributed by atoms with van der Waals surface area (Å²) in [6.07, 6.45) is 3.25. The maximum atomic E-state index is 11.8. The normalized spacial score (nSPS) is 10.3. The molecule has 5 heteroatoms. The number of para-hydroxylation sites is 1. The van der Waals surface area contributed by atoms with Gasteiger partial charge in [0.15, 0.2) is 5.11 Å². The summed E-state index contributed by atoms with van der Waals surface area (Å²) in [5.74, 6) is -0.276. The smallest absolute Gasteiger partial charge is 0.262 e. The van der Waals surface area contributed by atoms with Crippen LogP contribution in [0.25, 0.3) is 6.08 Å². The summed E-state index contributed by atoms with van der Waals surface area (Å²) in [5.41, 5.74) is 9.37. The summed E-state index contributed by atoms with van der Waals surface area (Å²) in [4.78, 5) is 11.8. The Hall–Kier alpha value is -2.66. The molecule has 4 nitrogen and oxygen atoms in total. The van der Waals surface area contributed by atoms with Crippen LogP contribution in [-0.4, -0.2) is 11.0 Å². The van der Waals surface area contributed by atoms with Gasteiger partial charge in [-0.25, -0.2) is 0 Å². The molecular weight excluding hydrogens is 306 g/mol. The van der Waals surface area contributed by atoms with E-state index in [0.29, 0.717) is 5.11 Å². The van der Waals surface area contributed by atoms with E-state index in [-0.39, 0.29) is 5.91 Å². The van der Waals surface area contributed by atoms with Crippen molar-refractivity contribution in [3.05, 3.63) is 71.3 Å². The molecule has 0 atom stereocenters. The second-order valence-corrected chi connectivity index (χ2v) is 5.54. The predicted molar refractivity (Wildman–Crippen MR) is 98.9 cm³/mol. The van der Waals surface area contributed by atoms with Crippen LogP contribution in [0, 0.1) is 13.8 Å². The van der Waals surface area contributed by atoms with Gasteiger partial charge in [-0.3, -0.25) is 15.6 Å². The second-order valence-electron chi connectivity index (χ2n) is 5.13. The van der Waals surface area contributed by atoms with Gasteiger partial charge in [0.25, 0.3) is 5.91 Å². The zero-order valence-electron chi connectivity index (χ0n) is 13.1. The third kappa shape index (κ3) is 5.56. The van der Waals surface area contributed by atoms with E-state index in [0.717, 1.165) is 16.8 Å². The Kier molecular flexibility index (Phi) is 5.88. The Morgan fingerprint density at radius 2 is 1.78 bits per heavy atom. The molecule has 0 aromatic heterocycles. The maximum Gasteiger partial charge on any atom is 0.262 e. The van der Waals surface area contributed by atoms with E-state index in [1.807, 2.05) is 56.3 Å². The number of aryl methyl sites for hydroxylation is 2. The molecule has 0 aliphatic rings. The van der Waals surface area contributed by atoms with E-state index in [1.165, 1.54) is 11.6 Å². The third-order valence-electron chi connectivity index (χ3n) is 3.17. The molecule has 0 unspecified atom stereocenters. The fourth-order valence-corrected chi connectivity index (χ4v) is 2.19. The summed E-state index contributed by atoms with van der Waals surface area (Å²) in [6.45, 7) is 4.06. The largest absolute Gasteiger partial charge is 0.331 e. The quantitative estimate of drug-likeness (QED) is 0.460. The van der Waals surface area contributed by atoms with Crippen LogP contribution in [0.4, 0.5) is 5.69 Å². The molecule has 2 aromatic carbocycles. The second kappa shape index (κ2) is 8.10. The van der Waals surface area contributed by atoms with Crippen LogP contribution in [-0.2, 0) is 4.79 Å². The van der Waals surface area contributed by atoms with Gasteiger partial charge < -0.3 is 5.32 Å². The van der Waals surface area contributed by atoms with Crippen molar-refractivity contribution >= 4 is 35.0 Å². The highest BCUT2D eigenvalue weighted by Gasteiger charge is 2.00. The van der Waals surface area contributed by atoms with Gasteiger partial charge in [-0.2, -0.15) is 0 Å². The van der Waals surface area contributed by atoms with E-state index in [2.05, 4.69) is 22.2 Å². The number of benzene rings is 2. The molecule has 0 aliphatic heterocycles. The number of hydrogen-bond donors (Lipinski definition) is 3. The predicted octanol–water partition coefficient (Wildman–Crippen LogP) is 3.33. The highest BCUT2D eigenvalue weighted by molar-refractivity contribution is 7.80. The Morgan fingerprint density at radius 3 is 2.48 bits per heavy atom. The minimum absolute atomic E-state index is 0.276. The molecule has 3 N–H and O–H groups in total. The number of thiocarbonyl (C=S) groups is 1. The van der Waals surface area contributed by atoms with Crippen molar-refractivity contribution in [2.24, 2.45) is 0 Å². The van der Waals surface area contributed by atoms with Gasteiger partial charge in [0.2, 0.25) is 0 Å². The third-order valence-corrected chi connectivity index (χ3v) is 3.37. The fraction of sp³-hybridized carbons (Fsp3) is 0.111. The average Bonchev–Trinajstić information content (AvgIpc) is 2.53. The molecule has 0 radical (unpaired) electrons. The van der Waals surface area contributed by atoms with Crippen LogP contribution in [0.5, 0.6) is 0 Å². The van der Waals surface area contributed by atoms with E-state index < -0.39 is 0 Å². The van der Waals surface area contributed by atoms with Gasteiger partial charge >= 0.3 is 0 Å². The minimum atomic E-state index is -0.276. The Morgan fingerprint density at radius 1 is 1.04 bits per heavy atom. The van der Waals surface area contributed by atoms with Gasteiger partial charge in [-0.1, -0.05) is 42.0 Å². The molecule has 2 rings (SSSR count). The van der Waals surface area contributed by atoms with Crippen molar-refractivity contribution in [1.29, 1.82) is 0 Å². The lowest BCUT2D eigenvalue weighted by atomic mass is 10.1. The maximum absolute atomic E-state index is 11.8. The molecule has 2 aromatic rings. The number of amides is 1. The zero-order valence-corrected chi connectivity index (χ0v) is 13.9. The number of rotatable bonds is 3. The first-order valence-electron chi connectivity index (χ1n) is 7.22. The van der Waals surface area contributed by atoms with Gasteiger partial charge in [0, 0.05) is 11.8 Å². The van der Waals surface area contributed by atoms with Gasteiger partial charge in [0.05, 0.1) is 0 Å². The summed E-state index contributed by atoms with van der Waals surface area (Å²) in [5, 5.41) is 3.29. The zero-order chi connectivity index (χ0) is 16.7. The fourth-order valence-electron chi connectivity index (χ4n) is 2.02. The molecule has 0 fully saturated rings. The van der Waals surface area contributed by atoms with E-state index in [4.69, 9.17) is 12.2 Å². The van der Waals surface area contributed by atoms with Gasteiger partial charge in [-0.05, 0) is 55.4 Å². The number of nitrogens with one attached hydrogen (secondary N) is 3. The number of carbonyl (C=O) groups excluding carboxylic acids is 1. The van der Waals surface area contributed by atoms with Crippen molar-refractivity contribution in [3.63, 3.8) is 0 Å². The summed E-state index contributed by atoms with van der Waals surface area (Å²) in [6, 6.07) is 15.6. The van der Waals surface area contributed by atoms with Crippen molar-refractivity contribution < 1.29 is 4.79 Å². The molecule has 0 aliphatic carbocycles. The van der Waals surface area contributed by atoms with Gasteiger partial charge in [-0.15, -0.1) is 0 Å². The van der Waals surface area contributed by atoms with Crippen LogP contribution in [0.2, 0.25) is 0 Å². The summed E-state index contributed by atoms with van der Waals surface area (Å²) < 4.78 is 0. The first-order chi connectivity index (χ1) is 11.0. The summed E-state index contributed by atoms with van der Waals surface area (Å²) in [7, 11) is 0. The average molecular weight is 325 g/mol. The number of carbonyl (C=O) groups is 1. The van der Waals surface area contributed by atoms with Crippen LogP contribution < -0.4 is 16.2 Å². The molecule has 1 amide bonds. The molecule has 23 heavy (non-hydrogen) atoms. The van der Waals surface area contributed by atoms with E-state index in [9.17, 15) is 4.79 Å². The standard InChI is InChI=1S/C18H19N3OS/c1-13-8-9-15(14(2)12-13)10-11-17(22)20-21-18(23)19-16-6-4-3-5-7-16/h3-12H,1-2H3,(H,20,22)(H2,19,21,23)/b11-10+. The van der Waals surface area contributed by atoms with Crippen LogP contribution in [0.15, 0.2) is 54.6 Å². The Balaban J connectivity index is 1.82. The molecule has 0 bridgehead atoms. The molecule has 0 spiro atoms. The highest BCUT2D eigenvalue weighted by atomic mass is 32.1. The molecule has 0 saturated heterocycles. The number of hydrazine groups is 1. The number of hydrogen-bond acceptors (Lipinski definition) is 2. The van der Waals surface area contributed by atoms with E-state index in [1.54, 1.807) is 6.08 Å². The highest BCUT2D eigenvalue weighted by Crippen LogP contribution is 2.11.